The van der Waals surface area contributed by atoms with Crippen LogP contribution in [0, 0.1) is 11.7 Å². The van der Waals surface area contributed by atoms with Crippen molar-refractivity contribution in [3.63, 3.8) is 0 Å². The predicted molar refractivity (Wildman–Crippen MR) is 68.7 cm³/mol. The quantitative estimate of drug-likeness (QED) is 0.737. The summed E-state index contributed by atoms with van der Waals surface area (Å²) in [6, 6.07) is 5.07. The van der Waals surface area contributed by atoms with Crippen LogP contribution in [0.3, 0.4) is 0 Å². The van der Waals surface area contributed by atoms with E-state index in [0.717, 1.165) is 18.5 Å². The molecular formula is C14H22FNO. The Bertz CT molecular complexity index is 339. The third-order valence-electron chi connectivity index (χ3n) is 2.35. The third kappa shape index (κ3) is 4.73. The van der Waals surface area contributed by atoms with Crippen molar-refractivity contribution in [2.75, 3.05) is 13.2 Å². The summed E-state index contributed by atoms with van der Waals surface area (Å²) in [5.74, 6) is 0.511. The first-order valence-electron chi connectivity index (χ1n) is 6.26. The normalized spacial score (nSPS) is 10.9. The third-order valence-corrected chi connectivity index (χ3v) is 2.35. The molecule has 0 aliphatic carbocycles. The molecule has 0 bridgehead atoms. The van der Waals surface area contributed by atoms with E-state index < -0.39 is 0 Å². The first-order chi connectivity index (χ1) is 8.15. The van der Waals surface area contributed by atoms with E-state index in [1.807, 2.05) is 6.07 Å². The first-order valence-corrected chi connectivity index (χ1v) is 6.26. The molecule has 96 valence electrons. The molecule has 0 amide bonds. The summed E-state index contributed by atoms with van der Waals surface area (Å²) in [6.07, 6.45) is 1.07. The molecule has 0 aliphatic heterocycles. The summed E-state index contributed by atoms with van der Waals surface area (Å²) >= 11 is 0. The molecular weight excluding hydrogens is 217 g/mol. The van der Waals surface area contributed by atoms with Crippen molar-refractivity contribution in [2.24, 2.45) is 5.92 Å². The van der Waals surface area contributed by atoms with Gasteiger partial charge in [-0.1, -0.05) is 32.9 Å². The Hall–Kier alpha value is -1.09. The van der Waals surface area contributed by atoms with Crippen LogP contribution in [0.1, 0.15) is 32.8 Å². The molecule has 1 N–H and O–H groups in total. The van der Waals surface area contributed by atoms with E-state index in [2.05, 4.69) is 26.1 Å². The van der Waals surface area contributed by atoms with Crippen molar-refractivity contribution in [1.29, 1.82) is 0 Å². The molecule has 0 heterocycles. The van der Waals surface area contributed by atoms with Gasteiger partial charge in [-0.25, -0.2) is 4.39 Å². The molecule has 17 heavy (non-hydrogen) atoms. The van der Waals surface area contributed by atoms with Gasteiger partial charge in [0, 0.05) is 12.1 Å². The lowest BCUT2D eigenvalue weighted by Gasteiger charge is -2.14. The van der Waals surface area contributed by atoms with Gasteiger partial charge in [0.2, 0.25) is 0 Å². The highest BCUT2D eigenvalue weighted by Gasteiger charge is 2.10. The summed E-state index contributed by atoms with van der Waals surface area (Å²) in [5.41, 5.74) is 0.888. The van der Waals surface area contributed by atoms with Crippen LogP contribution in [0.25, 0.3) is 0 Å². The summed E-state index contributed by atoms with van der Waals surface area (Å²) < 4.78 is 19.2. The van der Waals surface area contributed by atoms with Crippen molar-refractivity contribution in [3.8, 4) is 5.75 Å². The van der Waals surface area contributed by atoms with Gasteiger partial charge in [0.05, 0.1) is 6.61 Å². The molecule has 0 atom stereocenters. The van der Waals surface area contributed by atoms with Crippen LogP contribution in [0.15, 0.2) is 18.2 Å². The molecule has 1 aromatic rings. The highest BCUT2D eigenvalue weighted by Crippen LogP contribution is 2.23. The lowest BCUT2D eigenvalue weighted by atomic mass is 10.2. The van der Waals surface area contributed by atoms with E-state index in [1.165, 1.54) is 6.07 Å². The molecule has 0 spiro atoms. The van der Waals surface area contributed by atoms with E-state index in [1.54, 1.807) is 6.07 Å². The Morgan fingerprint density at radius 1 is 1.35 bits per heavy atom. The fraction of sp³-hybridized carbons (Fsp3) is 0.571. The number of halogens is 1. The van der Waals surface area contributed by atoms with E-state index in [4.69, 9.17) is 4.74 Å². The van der Waals surface area contributed by atoms with Crippen LogP contribution in [0.4, 0.5) is 4.39 Å². The van der Waals surface area contributed by atoms with Crippen molar-refractivity contribution in [2.45, 2.75) is 33.7 Å². The van der Waals surface area contributed by atoms with Crippen molar-refractivity contribution < 1.29 is 9.13 Å². The molecule has 1 rings (SSSR count). The Morgan fingerprint density at radius 2 is 2.12 bits per heavy atom. The Morgan fingerprint density at radius 3 is 2.76 bits per heavy atom. The van der Waals surface area contributed by atoms with Crippen LogP contribution in [-0.2, 0) is 6.54 Å². The van der Waals surface area contributed by atoms with Gasteiger partial charge < -0.3 is 10.1 Å². The van der Waals surface area contributed by atoms with Crippen LogP contribution in [-0.4, -0.2) is 13.2 Å². The zero-order valence-corrected chi connectivity index (χ0v) is 10.9. The summed E-state index contributed by atoms with van der Waals surface area (Å²) in [5, 5.41) is 3.26. The van der Waals surface area contributed by atoms with Gasteiger partial charge in [-0.15, -0.1) is 0 Å². The second-order valence-corrected chi connectivity index (χ2v) is 4.61. The minimum atomic E-state index is -0.276. The average molecular weight is 239 g/mol. The van der Waals surface area contributed by atoms with Gasteiger partial charge in [-0.2, -0.15) is 0 Å². The SMILES string of the molecule is CCCNCc1cccc(F)c1OCC(C)C. The minimum absolute atomic E-state index is 0.276. The maximum atomic E-state index is 13.7. The molecule has 0 saturated carbocycles. The molecule has 0 aromatic heterocycles. The smallest absolute Gasteiger partial charge is 0.165 e. The summed E-state index contributed by atoms with van der Waals surface area (Å²) in [7, 11) is 0. The Balaban J connectivity index is 2.69. The van der Waals surface area contributed by atoms with Crippen LogP contribution in [0.2, 0.25) is 0 Å². The van der Waals surface area contributed by atoms with Gasteiger partial charge in [0.15, 0.2) is 11.6 Å². The van der Waals surface area contributed by atoms with Crippen molar-refractivity contribution >= 4 is 0 Å². The molecule has 0 unspecified atom stereocenters. The number of benzene rings is 1. The fourth-order valence-corrected chi connectivity index (χ4v) is 1.50. The minimum Gasteiger partial charge on any atom is -0.490 e. The average Bonchev–Trinajstić information content (AvgIpc) is 2.28. The molecule has 1 aromatic carbocycles. The number of rotatable bonds is 7. The summed E-state index contributed by atoms with van der Waals surface area (Å²) in [6.45, 7) is 8.33. The maximum absolute atomic E-state index is 13.7. The van der Waals surface area contributed by atoms with Gasteiger partial charge >= 0.3 is 0 Å². The highest BCUT2D eigenvalue weighted by molar-refractivity contribution is 5.34. The van der Waals surface area contributed by atoms with Gasteiger partial charge in [-0.05, 0) is 24.9 Å². The number of hydrogen-bond donors (Lipinski definition) is 1. The largest absolute Gasteiger partial charge is 0.490 e. The van der Waals surface area contributed by atoms with Gasteiger partial charge in [0.25, 0.3) is 0 Å². The van der Waals surface area contributed by atoms with Gasteiger partial charge in [-0.3, -0.25) is 0 Å². The monoisotopic (exact) mass is 239 g/mol. The number of para-hydroxylation sites is 1. The number of nitrogens with one attached hydrogen (secondary N) is 1. The number of hydrogen-bond acceptors (Lipinski definition) is 2. The zero-order valence-electron chi connectivity index (χ0n) is 10.9. The van der Waals surface area contributed by atoms with Crippen molar-refractivity contribution in [1.82, 2.24) is 5.32 Å². The molecule has 0 fully saturated rings. The highest BCUT2D eigenvalue weighted by atomic mass is 19.1. The molecule has 3 heteroatoms. The van der Waals surface area contributed by atoms with Crippen LogP contribution < -0.4 is 10.1 Å². The summed E-state index contributed by atoms with van der Waals surface area (Å²) in [4.78, 5) is 0. The second kappa shape index (κ2) is 7.28. The lowest BCUT2D eigenvalue weighted by molar-refractivity contribution is 0.256. The van der Waals surface area contributed by atoms with Crippen LogP contribution in [0.5, 0.6) is 5.75 Å². The standard InChI is InChI=1S/C14H22FNO/c1-4-8-16-9-12-6-5-7-13(15)14(12)17-10-11(2)3/h5-7,11,16H,4,8-10H2,1-3H3. The molecule has 0 aliphatic rings. The molecule has 2 nitrogen and oxygen atoms in total. The molecule has 0 radical (unpaired) electrons. The predicted octanol–water partition coefficient (Wildman–Crippen LogP) is 3.36. The van der Waals surface area contributed by atoms with E-state index in [-0.39, 0.29) is 5.82 Å². The first kappa shape index (κ1) is 14.0. The zero-order chi connectivity index (χ0) is 12.7. The number of ether oxygens (including phenoxy) is 1. The van der Waals surface area contributed by atoms with Crippen LogP contribution >= 0.6 is 0 Å². The fourth-order valence-electron chi connectivity index (χ4n) is 1.50. The second-order valence-electron chi connectivity index (χ2n) is 4.61. The molecule has 0 saturated heterocycles. The maximum Gasteiger partial charge on any atom is 0.165 e. The van der Waals surface area contributed by atoms with Crippen molar-refractivity contribution in [3.05, 3.63) is 29.6 Å². The topological polar surface area (TPSA) is 21.3 Å². The van der Waals surface area contributed by atoms with E-state index in [0.29, 0.717) is 24.8 Å². The van der Waals surface area contributed by atoms with Gasteiger partial charge in [0.1, 0.15) is 0 Å². The Labute approximate surface area is 103 Å². The lowest BCUT2D eigenvalue weighted by Crippen LogP contribution is -2.16. The Kier molecular flexibility index (Phi) is 5.98. The van der Waals surface area contributed by atoms with E-state index in [9.17, 15) is 4.39 Å². The van der Waals surface area contributed by atoms with E-state index >= 15 is 0 Å².